The van der Waals surface area contributed by atoms with Crippen LogP contribution in [0.4, 0.5) is 0 Å². The van der Waals surface area contributed by atoms with E-state index in [1.807, 2.05) is 86.6 Å². The average molecular weight is 431 g/mol. The largest absolute Gasteiger partial charge is 0.289 e. The van der Waals surface area contributed by atoms with Crippen molar-refractivity contribution in [3.63, 3.8) is 0 Å². The van der Waals surface area contributed by atoms with Crippen LogP contribution in [0.15, 0.2) is 97.2 Å². The maximum atomic E-state index is 13.6. The van der Waals surface area contributed by atoms with Crippen LogP contribution in [-0.4, -0.2) is 21.3 Å². The van der Waals surface area contributed by atoms with E-state index in [2.05, 4.69) is 5.10 Å². The first-order valence-corrected chi connectivity index (χ1v) is 10.8. The van der Waals surface area contributed by atoms with E-state index in [0.29, 0.717) is 27.9 Å². The molecule has 4 heteroatoms. The number of carbonyl (C=O) groups is 2. The number of hydrogen-bond acceptors (Lipinski definition) is 3. The van der Waals surface area contributed by atoms with Crippen molar-refractivity contribution < 1.29 is 9.59 Å². The highest BCUT2D eigenvalue weighted by molar-refractivity contribution is 6.17. The molecule has 0 aliphatic carbocycles. The fraction of sp³-hybridized carbons (Fsp3) is 0.0690. The lowest BCUT2D eigenvalue weighted by Gasteiger charge is -2.15. The molecule has 0 saturated carbocycles. The van der Waals surface area contributed by atoms with Crippen LogP contribution < -0.4 is 0 Å². The highest BCUT2D eigenvalue weighted by atomic mass is 16.1. The van der Waals surface area contributed by atoms with Gasteiger partial charge < -0.3 is 0 Å². The Bertz CT molecular complexity index is 1420. The van der Waals surface area contributed by atoms with E-state index in [4.69, 9.17) is 0 Å². The summed E-state index contributed by atoms with van der Waals surface area (Å²) in [6.45, 7) is 3.97. The second-order valence-electron chi connectivity index (χ2n) is 8.21. The zero-order chi connectivity index (χ0) is 22.9. The standard InChI is InChI=1S/C29H22N2O2/c1-19-10-14-21(15-11-19)28(32)24-7-5-8-25(29(33)22-16-12-20(2)13-17-22)27(24)31-26-9-4-3-6-23(26)18-30-31/h3-18H,1-2H3. The zero-order valence-corrected chi connectivity index (χ0v) is 18.4. The molecule has 0 amide bonds. The minimum absolute atomic E-state index is 0.150. The van der Waals surface area contributed by atoms with Gasteiger partial charge in [-0.15, -0.1) is 0 Å². The summed E-state index contributed by atoms with van der Waals surface area (Å²) in [7, 11) is 0. The van der Waals surface area contributed by atoms with Gasteiger partial charge in [-0.2, -0.15) is 5.10 Å². The second kappa shape index (κ2) is 8.32. The molecular weight excluding hydrogens is 408 g/mol. The fourth-order valence-electron chi connectivity index (χ4n) is 4.01. The normalized spacial score (nSPS) is 11.0. The Balaban J connectivity index is 1.75. The number of aryl methyl sites for hydroxylation is 2. The van der Waals surface area contributed by atoms with Gasteiger partial charge in [0, 0.05) is 27.6 Å². The Morgan fingerprint density at radius 3 is 1.70 bits per heavy atom. The second-order valence-corrected chi connectivity index (χ2v) is 8.21. The van der Waals surface area contributed by atoms with E-state index < -0.39 is 0 Å². The van der Waals surface area contributed by atoms with Crippen LogP contribution in [0.25, 0.3) is 16.6 Å². The molecule has 0 bridgehead atoms. The lowest BCUT2D eigenvalue weighted by atomic mass is 9.94. The zero-order valence-electron chi connectivity index (χ0n) is 18.4. The molecule has 0 atom stereocenters. The van der Waals surface area contributed by atoms with Gasteiger partial charge in [0.15, 0.2) is 11.6 Å². The molecule has 0 radical (unpaired) electrons. The number of hydrogen-bond donors (Lipinski definition) is 0. The quantitative estimate of drug-likeness (QED) is 0.316. The molecule has 160 valence electrons. The molecule has 0 aliphatic heterocycles. The summed E-state index contributed by atoms with van der Waals surface area (Å²) in [6.07, 6.45) is 1.75. The molecule has 5 aromatic rings. The monoisotopic (exact) mass is 430 g/mol. The molecule has 33 heavy (non-hydrogen) atoms. The highest BCUT2D eigenvalue weighted by Crippen LogP contribution is 2.28. The molecule has 4 aromatic carbocycles. The van der Waals surface area contributed by atoms with E-state index in [1.165, 1.54) is 0 Å². The Morgan fingerprint density at radius 1 is 0.636 bits per heavy atom. The van der Waals surface area contributed by atoms with Gasteiger partial charge in [-0.1, -0.05) is 83.9 Å². The van der Waals surface area contributed by atoms with Crippen LogP contribution in [0.2, 0.25) is 0 Å². The van der Waals surface area contributed by atoms with Crippen molar-refractivity contribution in [3.05, 3.63) is 131 Å². The molecule has 0 N–H and O–H groups in total. The van der Waals surface area contributed by atoms with Gasteiger partial charge in [0.1, 0.15) is 0 Å². The number of para-hydroxylation sites is 2. The van der Waals surface area contributed by atoms with E-state index in [9.17, 15) is 9.59 Å². The van der Waals surface area contributed by atoms with E-state index >= 15 is 0 Å². The van der Waals surface area contributed by atoms with Crippen LogP contribution in [0.1, 0.15) is 43.0 Å². The Morgan fingerprint density at radius 2 is 1.15 bits per heavy atom. The number of carbonyl (C=O) groups excluding carboxylic acids is 2. The Hall–Kier alpha value is -4.31. The van der Waals surface area contributed by atoms with Crippen molar-refractivity contribution in [1.82, 2.24) is 9.78 Å². The third-order valence-electron chi connectivity index (χ3n) is 5.84. The van der Waals surface area contributed by atoms with Gasteiger partial charge in [-0.3, -0.25) is 9.59 Å². The summed E-state index contributed by atoms with van der Waals surface area (Å²) in [5.41, 5.74) is 5.49. The number of fused-ring (bicyclic) bond motifs is 1. The number of aromatic nitrogens is 2. The highest BCUT2D eigenvalue weighted by Gasteiger charge is 2.24. The van der Waals surface area contributed by atoms with Gasteiger partial charge >= 0.3 is 0 Å². The summed E-state index contributed by atoms with van der Waals surface area (Å²) in [4.78, 5) is 27.2. The number of rotatable bonds is 5. The molecule has 4 nitrogen and oxygen atoms in total. The van der Waals surface area contributed by atoms with Crippen LogP contribution in [0.5, 0.6) is 0 Å². The third-order valence-corrected chi connectivity index (χ3v) is 5.84. The molecule has 0 aliphatic rings. The van der Waals surface area contributed by atoms with Crippen molar-refractivity contribution in [3.8, 4) is 5.69 Å². The Kier molecular flexibility index (Phi) is 5.19. The molecule has 1 heterocycles. The van der Waals surface area contributed by atoms with Gasteiger partial charge in [0.25, 0.3) is 0 Å². The van der Waals surface area contributed by atoms with Gasteiger partial charge in [0.2, 0.25) is 0 Å². The first-order valence-electron chi connectivity index (χ1n) is 10.8. The third kappa shape index (κ3) is 3.76. The molecule has 0 saturated heterocycles. The van der Waals surface area contributed by atoms with E-state index in [0.717, 1.165) is 22.0 Å². The smallest absolute Gasteiger partial charge is 0.195 e. The lowest BCUT2D eigenvalue weighted by Crippen LogP contribution is -2.15. The summed E-state index contributed by atoms with van der Waals surface area (Å²) in [5.74, 6) is -0.300. The Labute approximate surface area is 192 Å². The minimum Gasteiger partial charge on any atom is -0.289 e. The maximum absolute atomic E-state index is 13.6. The summed E-state index contributed by atoms with van der Waals surface area (Å²) in [5, 5.41) is 5.51. The molecule has 0 spiro atoms. The van der Waals surface area contributed by atoms with Crippen LogP contribution in [-0.2, 0) is 0 Å². The SMILES string of the molecule is Cc1ccc(C(=O)c2cccc(C(=O)c3ccc(C)cc3)c2-n2ncc3ccccc32)cc1. The topological polar surface area (TPSA) is 52.0 Å². The van der Waals surface area contributed by atoms with Crippen molar-refractivity contribution >= 4 is 22.5 Å². The molecular formula is C29H22N2O2. The predicted octanol–water partition coefficient (Wildman–Crippen LogP) is 6.10. The van der Waals surface area contributed by atoms with Crippen molar-refractivity contribution in [2.45, 2.75) is 13.8 Å². The van der Waals surface area contributed by atoms with Crippen molar-refractivity contribution in [2.24, 2.45) is 0 Å². The van der Waals surface area contributed by atoms with Gasteiger partial charge in [-0.25, -0.2) is 4.68 Å². The molecule has 5 rings (SSSR count). The van der Waals surface area contributed by atoms with E-state index in [-0.39, 0.29) is 11.6 Å². The van der Waals surface area contributed by atoms with Crippen LogP contribution >= 0.6 is 0 Å². The van der Waals surface area contributed by atoms with Crippen molar-refractivity contribution in [1.29, 1.82) is 0 Å². The number of ketones is 2. The molecule has 1 aromatic heterocycles. The maximum Gasteiger partial charge on any atom is 0.195 e. The van der Waals surface area contributed by atoms with Crippen LogP contribution in [0, 0.1) is 13.8 Å². The first kappa shape index (κ1) is 20.6. The predicted molar refractivity (Wildman–Crippen MR) is 130 cm³/mol. The summed E-state index contributed by atoms with van der Waals surface area (Å²) < 4.78 is 1.71. The number of nitrogens with zero attached hydrogens (tertiary/aromatic N) is 2. The molecule has 0 unspecified atom stereocenters. The summed E-state index contributed by atoms with van der Waals surface area (Å²) >= 11 is 0. The van der Waals surface area contributed by atoms with E-state index in [1.54, 1.807) is 29.1 Å². The van der Waals surface area contributed by atoms with Gasteiger partial charge in [-0.05, 0) is 32.0 Å². The van der Waals surface area contributed by atoms with Crippen molar-refractivity contribution in [2.75, 3.05) is 0 Å². The molecule has 0 fully saturated rings. The first-order chi connectivity index (χ1) is 16.0. The minimum atomic E-state index is -0.150. The lowest BCUT2D eigenvalue weighted by molar-refractivity contribution is 0.103. The summed E-state index contributed by atoms with van der Waals surface area (Å²) in [6, 6.07) is 28.0. The van der Waals surface area contributed by atoms with Gasteiger partial charge in [0.05, 0.1) is 17.4 Å². The fourth-order valence-corrected chi connectivity index (χ4v) is 4.01. The average Bonchev–Trinajstić information content (AvgIpc) is 3.27. The van der Waals surface area contributed by atoms with Crippen LogP contribution in [0.3, 0.4) is 0 Å². The number of benzene rings is 4.